The highest BCUT2D eigenvalue weighted by Gasteiger charge is 2.12. The Balaban J connectivity index is 2.05. The molecule has 1 N–H and O–H groups in total. The first-order chi connectivity index (χ1) is 10.5. The van der Waals surface area contributed by atoms with Gasteiger partial charge in [-0.3, -0.25) is 4.79 Å². The Morgan fingerprint density at radius 1 is 1.27 bits per heavy atom. The fourth-order valence-corrected chi connectivity index (χ4v) is 3.05. The van der Waals surface area contributed by atoms with Crippen molar-refractivity contribution in [2.75, 3.05) is 5.75 Å². The van der Waals surface area contributed by atoms with Crippen LogP contribution in [-0.4, -0.2) is 26.5 Å². The van der Waals surface area contributed by atoms with Crippen LogP contribution >= 0.6 is 11.8 Å². The Bertz CT molecular complexity index is 815. The summed E-state index contributed by atoms with van der Waals surface area (Å²) in [4.78, 5) is 23.6. The Hall–Kier alpha value is -2.14. The van der Waals surface area contributed by atoms with Gasteiger partial charge in [-0.2, -0.15) is 0 Å². The van der Waals surface area contributed by atoms with E-state index in [1.54, 1.807) is 13.1 Å². The van der Waals surface area contributed by atoms with Gasteiger partial charge in [-0.05, 0) is 56.2 Å². The molecule has 112 valence electrons. The molecular weight excluding hydrogens is 294 g/mol. The van der Waals surface area contributed by atoms with Gasteiger partial charge in [0.1, 0.15) is 16.6 Å². The highest BCUT2D eigenvalue weighted by molar-refractivity contribution is 8.00. The number of fused-ring (bicyclic) bond motifs is 1. The van der Waals surface area contributed by atoms with E-state index in [1.807, 2.05) is 12.1 Å². The molecule has 0 radical (unpaired) electrons. The van der Waals surface area contributed by atoms with Crippen LogP contribution in [0.2, 0.25) is 0 Å². The van der Waals surface area contributed by atoms with Gasteiger partial charge in [-0.25, -0.2) is 9.97 Å². The molecule has 0 bridgehead atoms. The van der Waals surface area contributed by atoms with Gasteiger partial charge in [0.05, 0.1) is 16.8 Å². The number of hydrogen-bond donors (Lipinski definition) is 1. The fourth-order valence-electron chi connectivity index (χ4n) is 2.25. The molecule has 0 saturated heterocycles. The van der Waals surface area contributed by atoms with Gasteiger partial charge in [0.2, 0.25) is 0 Å². The average Bonchev–Trinajstić information content (AvgIpc) is 2.88. The lowest BCUT2D eigenvalue weighted by Gasteiger charge is -2.04. The number of aryl methyl sites for hydroxylation is 2. The predicted molar refractivity (Wildman–Crippen MR) is 90.2 cm³/mol. The number of imidazole rings is 1. The zero-order valence-corrected chi connectivity index (χ0v) is 13.6. The van der Waals surface area contributed by atoms with Crippen molar-refractivity contribution in [1.82, 2.24) is 15.0 Å². The summed E-state index contributed by atoms with van der Waals surface area (Å²) in [5.74, 6) is 1.35. The SMILES string of the molecule is CC(=O)CSc1ncccc1-c1nc2cc(C)c(C)cc2[nH]1. The largest absolute Gasteiger partial charge is 0.338 e. The average molecular weight is 311 g/mol. The lowest BCUT2D eigenvalue weighted by Crippen LogP contribution is -1.95. The van der Waals surface area contributed by atoms with Gasteiger partial charge in [-0.1, -0.05) is 11.8 Å². The minimum Gasteiger partial charge on any atom is -0.338 e. The van der Waals surface area contributed by atoms with Crippen LogP contribution in [0, 0.1) is 13.8 Å². The topological polar surface area (TPSA) is 58.6 Å². The summed E-state index contributed by atoms with van der Waals surface area (Å²) in [7, 11) is 0. The monoisotopic (exact) mass is 311 g/mol. The molecule has 0 unspecified atom stereocenters. The van der Waals surface area contributed by atoms with Crippen molar-refractivity contribution >= 4 is 28.6 Å². The molecule has 3 aromatic rings. The number of carbonyl (C=O) groups is 1. The van der Waals surface area contributed by atoms with Crippen LogP contribution in [0.25, 0.3) is 22.4 Å². The molecule has 0 aliphatic heterocycles. The first-order valence-corrected chi connectivity index (χ1v) is 8.08. The summed E-state index contributed by atoms with van der Waals surface area (Å²) in [6.07, 6.45) is 1.74. The van der Waals surface area contributed by atoms with Crippen LogP contribution in [0.1, 0.15) is 18.1 Å². The van der Waals surface area contributed by atoms with E-state index < -0.39 is 0 Å². The maximum absolute atomic E-state index is 11.2. The van der Waals surface area contributed by atoms with Crippen LogP contribution in [0.5, 0.6) is 0 Å². The number of Topliss-reactive ketones (excluding diaryl/α,β-unsaturated/α-hetero) is 1. The second kappa shape index (κ2) is 5.93. The second-order valence-electron chi connectivity index (χ2n) is 5.39. The molecule has 0 fully saturated rings. The number of H-pyrrole nitrogens is 1. The number of rotatable bonds is 4. The third kappa shape index (κ3) is 2.90. The molecule has 2 aromatic heterocycles. The summed E-state index contributed by atoms with van der Waals surface area (Å²) in [6, 6.07) is 8.06. The quantitative estimate of drug-likeness (QED) is 0.742. The normalized spacial score (nSPS) is 11.0. The van der Waals surface area contributed by atoms with Crippen molar-refractivity contribution in [3.8, 4) is 11.4 Å². The van der Waals surface area contributed by atoms with Gasteiger partial charge >= 0.3 is 0 Å². The Morgan fingerprint density at radius 3 is 2.82 bits per heavy atom. The summed E-state index contributed by atoms with van der Waals surface area (Å²) in [6.45, 7) is 5.76. The number of benzene rings is 1. The number of nitrogens with one attached hydrogen (secondary N) is 1. The zero-order valence-electron chi connectivity index (χ0n) is 12.8. The lowest BCUT2D eigenvalue weighted by molar-refractivity contribution is -0.114. The van der Waals surface area contributed by atoms with Crippen molar-refractivity contribution < 1.29 is 4.79 Å². The van der Waals surface area contributed by atoms with Gasteiger partial charge < -0.3 is 4.98 Å². The number of aromatic amines is 1. The summed E-state index contributed by atoms with van der Waals surface area (Å²) in [5, 5.41) is 0.824. The maximum Gasteiger partial charge on any atom is 0.141 e. The fraction of sp³-hybridized carbons (Fsp3) is 0.235. The molecule has 0 aliphatic carbocycles. The van der Waals surface area contributed by atoms with Crippen LogP contribution < -0.4 is 0 Å². The van der Waals surface area contributed by atoms with Crippen LogP contribution in [0.3, 0.4) is 0 Å². The molecule has 5 heteroatoms. The number of thioether (sulfide) groups is 1. The van der Waals surface area contributed by atoms with E-state index in [0.717, 1.165) is 27.4 Å². The van der Waals surface area contributed by atoms with E-state index in [-0.39, 0.29) is 5.78 Å². The lowest BCUT2D eigenvalue weighted by atomic mass is 10.1. The van der Waals surface area contributed by atoms with E-state index in [0.29, 0.717) is 5.75 Å². The number of ketones is 1. The van der Waals surface area contributed by atoms with Crippen molar-refractivity contribution in [2.24, 2.45) is 0 Å². The third-order valence-corrected chi connectivity index (χ3v) is 4.69. The summed E-state index contributed by atoms with van der Waals surface area (Å²) in [5.41, 5.74) is 5.36. The molecule has 0 aliphatic rings. The van der Waals surface area contributed by atoms with E-state index in [2.05, 4.69) is 40.9 Å². The minimum absolute atomic E-state index is 0.137. The molecule has 3 rings (SSSR count). The van der Waals surface area contributed by atoms with Crippen molar-refractivity contribution in [1.29, 1.82) is 0 Å². The summed E-state index contributed by atoms with van der Waals surface area (Å²) >= 11 is 1.45. The van der Waals surface area contributed by atoms with Gasteiger partial charge in [0.25, 0.3) is 0 Å². The number of pyridine rings is 1. The van der Waals surface area contributed by atoms with E-state index in [1.165, 1.54) is 22.9 Å². The minimum atomic E-state index is 0.137. The molecule has 22 heavy (non-hydrogen) atoms. The van der Waals surface area contributed by atoms with Gasteiger partial charge in [0, 0.05) is 11.8 Å². The standard InChI is InChI=1S/C17H17N3OS/c1-10-7-14-15(8-11(10)2)20-16(19-14)13-5-4-6-18-17(13)22-9-12(3)21/h4-8H,9H2,1-3H3,(H,19,20). The van der Waals surface area contributed by atoms with E-state index >= 15 is 0 Å². The molecule has 1 aromatic carbocycles. The Morgan fingerprint density at radius 2 is 2.05 bits per heavy atom. The highest BCUT2D eigenvalue weighted by Crippen LogP contribution is 2.29. The molecular formula is C17H17N3OS. The third-order valence-electron chi connectivity index (χ3n) is 3.54. The maximum atomic E-state index is 11.2. The Labute approximate surface area is 133 Å². The van der Waals surface area contributed by atoms with Crippen LogP contribution in [-0.2, 0) is 4.79 Å². The zero-order chi connectivity index (χ0) is 15.7. The summed E-state index contributed by atoms with van der Waals surface area (Å²) < 4.78 is 0. The van der Waals surface area contributed by atoms with Crippen molar-refractivity contribution in [3.05, 3.63) is 41.6 Å². The van der Waals surface area contributed by atoms with Crippen LogP contribution in [0.4, 0.5) is 0 Å². The molecule has 0 amide bonds. The molecule has 0 spiro atoms. The molecule has 4 nitrogen and oxygen atoms in total. The molecule has 0 saturated carbocycles. The number of hydrogen-bond acceptors (Lipinski definition) is 4. The number of carbonyl (C=O) groups excluding carboxylic acids is 1. The number of nitrogens with zero attached hydrogens (tertiary/aromatic N) is 2. The van der Waals surface area contributed by atoms with E-state index in [9.17, 15) is 4.79 Å². The second-order valence-corrected chi connectivity index (χ2v) is 6.35. The molecule has 2 heterocycles. The number of aromatic nitrogens is 3. The van der Waals surface area contributed by atoms with Crippen molar-refractivity contribution in [3.63, 3.8) is 0 Å². The predicted octanol–water partition coefficient (Wildman–Crippen LogP) is 3.92. The first kappa shape index (κ1) is 14.8. The molecule has 0 atom stereocenters. The Kier molecular flexibility index (Phi) is 3.98. The first-order valence-electron chi connectivity index (χ1n) is 7.09. The van der Waals surface area contributed by atoms with E-state index in [4.69, 9.17) is 0 Å². The highest BCUT2D eigenvalue weighted by atomic mass is 32.2. The van der Waals surface area contributed by atoms with Gasteiger partial charge in [-0.15, -0.1) is 0 Å². The smallest absolute Gasteiger partial charge is 0.141 e. The van der Waals surface area contributed by atoms with Crippen molar-refractivity contribution in [2.45, 2.75) is 25.8 Å². The van der Waals surface area contributed by atoms with Crippen LogP contribution in [0.15, 0.2) is 35.5 Å². The van der Waals surface area contributed by atoms with Gasteiger partial charge in [0.15, 0.2) is 0 Å².